The lowest BCUT2D eigenvalue weighted by Gasteiger charge is -2.02. The molecular formula is C15H14N4S. The molecule has 100 valence electrons. The normalized spacial score (nSPS) is 10.7. The molecule has 0 aliphatic rings. The Bertz CT molecular complexity index is 764. The van der Waals surface area contributed by atoms with Crippen LogP contribution in [0.25, 0.3) is 21.8 Å². The molecule has 0 atom stereocenters. The molecule has 2 heterocycles. The third kappa shape index (κ3) is 2.28. The highest BCUT2D eigenvalue weighted by atomic mass is 32.1. The van der Waals surface area contributed by atoms with E-state index in [0.29, 0.717) is 11.6 Å². The molecule has 1 aromatic carbocycles. The topological polar surface area (TPSA) is 64.7 Å². The van der Waals surface area contributed by atoms with Gasteiger partial charge in [0, 0.05) is 17.1 Å². The van der Waals surface area contributed by atoms with Gasteiger partial charge in [0.15, 0.2) is 0 Å². The van der Waals surface area contributed by atoms with Crippen molar-refractivity contribution in [2.75, 3.05) is 5.73 Å². The molecule has 2 N–H and O–H groups in total. The fraction of sp³-hybridized carbons (Fsp3) is 0.133. The van der Waals surface area contributed by atoms with E-state index in [1.54, 1.807) is 17.5 Å². The number of nitrogens with zero attached hydrogens (tertiary/aromatic N) is 3. The SMILES string of the molecule is Cc1ncc(-c2nc(-c3ccccc3C)cs2)c(N)n1. The van der Waals surface area contributed by atoms with Crippen LogP contribution in [-0.2, 0) is 0 Å². The van der Waals surface area contributed by atoms with Gasteiger partial charge in [-0.25, -0.2) is 15.0 Å². The Morgan fingerprint density at radius 2 is 1.85 bits per heavy atom. The largest absolute Gasteiger partial charge is 0.383 e. The molecule has 5 heteroatoms. The maximum absolute atomic E-state index is 5.95. The van der Waals surface area contributed by atoms with Gasteiger partial charge in [-0.1, -0.05) is 24.3 Å². The first-order chi connectivity index (χ1) is 9.65. The quantitative estimate of drug-likeness (QED) is 0.781. The van der Waals surface area contributed by atoms with E-state index in [9.17, 15) is 0 Å². The van der Waals surface area contributed by atoms with Gasteiger partial charge < -0.3 is 5.73 Å². The minimum absolute atomic E-state index is 0.475. The number of rotatable bonds is 2. The first-order valence-electron chi connectivity index (χ1n) is 6.26. The summed E-state index contributed by atoms with van der Waals surface area (Å²) in [5, 5.41) is 2.89. The van der Waals surface area contributed by atoms with E-state index in [-0.39, 0.29) is 0 Å². The van der Waals surface area contributed by atoms with Crippen LogP contribution in [0, 0.1) is 13.8 Å². The molecule has 2 aromatic heterocycles. The van der Waals surface area contributed by atoms with Crippen LogP contribution in [0.2, 0.25) is 0 Å². The Labute approximate surface area is 121 Å². The summed E-state index contributed by atoms with van der Waals surface area (Å²) in [7, 11) is 0. The Kier molecular flexibility index (Phi) is 3.20. The van der Waals surface area contributed by atoms with Crippen LogP contribution in [0.4, 0.5) is 5.82 Å². The summed E-state index contributed by atoms with van der Waals surface area (Å²) in [4.78, 5) is 13.0. The second-order valence-electron chi connectivity index (χ2n) is 4.57. The molecule has 0 amide bonds. The number of aryl methyl sites for hydroxylation is 2. The molecule has 0 aliphatic carbocycles. The monoisotopic (exact) mass is 282 g/mol. The molecule has 0 bridgehead atoms. The zero-order valence-electron chi connectivity index (χ0n) is 11.3. The lowest BCUT2D eigenvalue weighted by molar-refractivity contribution is 1.06. The molecule has 0 aliphatic heterocycles. The third-order valence-corrected chi connectivity index (χ3v) is 3.97. The number of aromatic nitrogens is 3. The van der Waals surface area contributed by atoms with Gasteiger partial charge in [0.2, 0.25) is 0 Å². The van der Waals surface area contributed by atoms with Crippen LogP contribution >= 0.6 is 11.3 Å². The van der Waals surface area contributed by atoms with Gasteiger partial charge >= 0.3 is 0 Å². The standard InChI is InChI=1S/C15H14N4S/c1-9-5-3-4-6-11(9)13-8-20-15(19-13)12-7-17-10(2)18-14(12)16/h3-8H,1-2H3,(H2,16,17,18). The van der Waals surface area contributed by atoms with Crippen LogP contribution in [0.15, 0.2) is 35.8 Å². The minimum Gasteiger partial charge on any atom is -0.383 e. The molecule has 0 spiro atoms. The summed E-state index contributed by atoms with van der Waals surface area (Å²) in [6, 6.07) is 8.20. The van der Waals surface area contributed by atoms with E-state index in [1.165, 1.54) is 5.56 Å². The lowest BCUT2D eigenvalue weighted by Crippen LogP contribution is -1.98. The van der Waals surface area contributed by atoms with Crippen LogP contribution in [-0.4, -0.2) is 15.0 Å². The predicted molar refractivity (Wildman–Crippen MR) is 82.5 cm³/mol. The summed E-state index contributed by atoms with van der Waals surface area (Å²) in [5.41, 5.74) is 10.0. The maximum atomic E-state index is 5.95. The van der Waals surface area contributed by atoms with Gasteiger partial charge in [0.25, 0.3) is 0 Å². The minimum atomic E-state index is 0.475. The second-order valence-corrected chi connectivity index (χ2v) is 5.43. The molecule has 0 fully saturated rings. The highest BCUT2D eigenvalue weighted by Gasteiger charge is 2.11. The third-order valence-electron chi connectivity index (χ3n) is 3.09. The van der Waals surface area contributed by atoms with Crippen molar-refractivity contribution in [3.63, 3.8) is 0 Å². The van der Waals surface area contributed by atoms with Crippen LogP contribution in [0.1, 0.15) is 11.4 Å². The summed E-state index contributed by atoms with van der Waals surface area (Å²) in [5.74, 6) is 1.14. The second kappa shape index (κ2) is 5.02. The van der Waals surface area contributed by atoms with Crippen molar-refractivity contribution in [2.24, 2.45) is 0 Å². The van der Waals surface area contributed by atoms with Gasteiger partial charge in [-0.05, 0) is 19.4 Å². The Morgan fingerprint density at radius 3 is 2.60 bits per heavy atom. The van der Waals surface area contributed by atoms with Crippen molar-refractivity contribution in [1.29, 1.82) is 0 Å². The highest BCUT2D eigenvalue weighted by Crippen LogP contribution is 2.32. The fourth-order valence-corrected chi connectivity index (χ4v) is 2.87. The number of anilines is 1. The van der Waals surface area contributed by atoms with E-state index in [2.05, 4.69) is 34.0 Å². The van der Waals surface area contributed by atoms with E-state index < -0.39 is 0 Å². The molecule has 0 saturated heterocycles. The zero-order valence-corrected chi connectivity index (χ0v) is 12.1. The molecule has 3 aromatic rings. The lowest BCUT2D eigenvalue weighted by atomic mass is 10.1. The number of hydrogen-bond acceptors (Lipinski definition) is 5. The molecule has 4 nitrogen and oxygen atoms in total. The van der Waals surface area contributed by atoms with E-state index >= 15 is 0 Å². The first-order valence-corrected chi connectivity index (χ1v) is 7.14. The fourth-order valence-electron chi connectivity index (χ4n) is 2.03. The zero-order chi connectivity index (χ0) is 14.1. The van der Waals surface area contributed by atoms with Gasteiger partial charge in [0.05, 0.1) is 11.3 Å². The van der Waals surface area contributed by atoms with E-state index in [1.807, 2.05) is 24.4 Å². The summed E-state index contributed by atoms with van der Waals surface area (Å²) < 4.78 is 0. The van der Waals surface area contributed by atoms with Gasteiger partial charge in [-0.2, -0.15) is 0 Å². The molecule has 0 saturated carbocycles. The average molecular weight is 282 g/mol. The Balaban J connectivity index is 2.04. The number of nitrogen functional groups attached to an aromatic ring is 1. The summed E-state index contributed by atoms with van der Waals surface area (Å²) in [6.45, 7) is 3.90. The number of hydrogen-bond donors (Lipinski definition) is 1. The Hall–Kier alpha value is -2.27. The first kappa shape index (κ1) is 12.7. The van der Waals surface area contributed by atoms with Crippen molar-refractivity contribution in [3.8, 4) is 21.8 Å². The van der Waals surface area contributed by atoms with Crippen molar-refractivity contribution in [1.82, 2.24) is 15.0 Å². The van der Waals surface area contributed by atoms with Gasteiger partial charge in [0.1, 0.15) is 16.6 Å². The summed E-state index contributed by atoms with van der Waals surface area (Å²) >= 11 is 1.56. The van der Waals surface area contributed by atoms with Crippen molar-refractivity contribution < 1.29 is 0 Å². The molecule has 0 unspecified atom stereocenters. The smallest absolute Gasteiger partial charge is 0.137 e. The predicted octanol–water partition coefficient (Wildman–Crippen LogP) is 3.47. The maximum Gasteiger partial charge on any atom is 0.137 e. The molecule has 0 radical (unpaired) electrons. The van der Waals surface area contributed by atoms with Crippen molar-refractivity contribution in [2.45, 2.75) is 13.8 Å². The van der Waals surface area contributed by atoms with Crippen molar-refractivity contribution in [3.05, 3.63) is 47.2 Å². The summed E-state index contributed by atoms with van der Waals surface area (Å²) in [6.07, 6.45) is 1.73. The van der Waals surface area contributed by atoms with E-state index in [0.717, 1.165) is 21.8 Å². The van der Waals surface area contributed by atoms with Crippen molar-refractivity contribution >= 4 is 17.2 Å². The average Bonchev–Trinajstić information content (AvgIpc) is 2.88. The van der Waals surface area contributed by atoms with E-state index in [4.69, 9.17) is 5.73 Å². The number of thiazole rings is 1. The number of benzene rings is 1. The molecular weight excluding hydrogens is 268 g/mol. The number of nitrogens with two attached hydrogens (primary N) is 1. The molecule has 3 rings (SSSR count). The highest BCUT2D eigenvalue weighted by molar-refractivity contribution is 7.13. The van der Waals surface area contributed by atoms with Gasteiger partial charge in [-0.3, -0.25) is 0 Å². The van der Waals surface area contributed by atoms with Crippen LogP contribution in [0.3, 0.4) is 0 Å². The van der Waals surface area contributed by atoms with Crippen LogP contribution < -0.4 is 5.73 Å². The Morgan fingerprint density at radius 1 is 1.05 bits per heavy atom. The molecule has 20 heavy (non-hydrogen) atoms. The van der Waals surface area contributed by atoms with Gasteiger partial charge in [-0.15, -0.1) is 11.3 Å². The van der Waals surface area contributed by atoms with Crippen LogP contribution in [0.5, 0.6) is 0 Å².